The Kier molecular flexibility index (Phi) is 5.46. The molecule has 18 heavy (non-hydrogen) atoms. The monoisotopic (exact) mass is 254 g/mol. The number of rotatable bonds is 5. The molecule has 1 saturated heterocycles. The molecule has 0 amide bonds. The fourth-order valence-corrected chi connectivity index (χ4v) is 3.83. The molecule has 2 fully saturated rings. The summed E-state index contributed by atoms with van der Waals surface area (Å²) in [6.45, 7) is 3.19. The van der Waals surface area contributed by atoms with Crippen molar-refractivity contribution in [2.75, 3.05) is 6.61 Å². The first-order valence-corrected chi connectivity index (χ1v) is 7.90. The average molecular weight is 254 g/mol. The summed E-state index contributed by atoms with van der Waals surface area (Å²) in [6.07, 6.45) is 12.8. The van der Waals surface area contributed by atoms with Crippen molar-refractivity contribution in [3.05, 3.63) is 0 Å². The van der Waals surface area contributed by atoms with Crippen LogP contribution in [0.5, 0.6) is 0 Å². The van der Waals surface area contributed by atoms with Crippen molar-refractivity contribution in [2.45, 2.75) is 82.8 Å². The number of ether oxygens (including phenoxy) is 1. The zero-order valence-electron chi connectivity index (χ0n) is 11.9. The highest BCUT2D eigenvalue weighted by molar-refractivity contribution is 4.92. The van der Waals surface area contributed by atoms with Gasteiger partial charge in [0.05, 0.1) is 5.60 Å². The van der Waals surface area contributed by atoms with Crippen LogP contribution < -0.4 is 11.3 Å². The highest BCUT2D eigenvalue weighted by atomic mass is 16.5. The molecule has 0 aromatic rings. The first-order valence-electron chi connectivity index (χ1n) is 7.90. The van der Waals surface area contributed by atoms with Crippen molar-refractivity contribution < 1.29 is 4.74 Å². The summed E-state index contributed by atoms with van der Waals surface area (Å²) in [5, 5.41) is 0. The number of hydrogen-bond donors (Lipinski definition) is 2. The Bertz CT molecular complexity index is 233. The van der Waals surface area contributed by atoms with Gasteiger partial charge < -0.3 is 4.74 Å². The SMILES string of the molecule is CCCCC(NN)C1CCOC2(CCCCC2)C1. The van der Waals surface area contributed by atoms with Crippen molar-refractivity contribution in [2.24, 2.45) is 11.8 Å². The molecule has 0 aromatic carbocycles. The first kappa shape index (κ1) is 14.3. The van der Waals surface area contributed by atoms with Crippen LogP contribution in [-0.4, -0.2) is 18.2 Å². The summed E-state index contributed by atoms with van der Waals surface area (Å²) in [5.41, 5.74) is 3.28. The van der Waals surface area contributed by atoms with E-state index < -0.39 is 0 Å². The van der Waals surface area contributed by atoms with Gasteiger partial charge in [-0.3, -0.25) is 11.3 Å². The van der Waals surface area contributed by atoms with Gasteiger partial charge in [-0.05, 0) is 38.0 Å². The van der Waals surface area contributed by atoms with Crippen molar-refractivity contribution >= 4 is 0 Å². The zero-order valence-corrected chi connectivity index (χ0v) is 11.9. The van der Waals surface area contributed by atoms with E-state index in [-0.39, 0.29) is 5.60 Å². The molecular formula is C15H30N2O. The Morgan fingerprint density at radius 2 is 2.11 bits per heavy atom. The molecule has 2 rings (SSSR count). The topological polar surface area (TPSA) is 47.3 Å². The van der Waals surface area contributed by atoms with Gasteiger partial charge >= 0.3 is 0 Å². The summed E-state index contributed by atoms with van der Waals surface area (Å²) in [6, 6.07) is 0.493. The molecule has 3 nitrogen and oxygen atoms in total. The van der Waals surface area contributed by atoms with Crippen LogP contribution >= 0.6 is 0 Å². The summed E-state index contributed by atoms with van der Waals surface area (Å²) >= 11 is 0. The summed E-state index contributed by atoms with van der Waals surface area (Å²) in [4.78, 5) is 0. The van der Waals surface area contributed by atoms with Gasteiger partial charge in [0.15, 0.2) is 0 Å². The lowest BCUT2D eigenvalue weighted by atomic mass is 9.73. The van der Waals surface area contributed by atoms with E-state index in [1.165, 1.54) is 64.2 Å². The lowest BCUT2D eigenvalue weighted by Crippen LogP contribution is -2.49. The minimum Gasteiger partial charge on any atom is -0.375 e. The highest BCUT2D eigenvalue weighted by Gasteiger charge is 2.40. The van der Waals surface area contributed by atoms with Gasteiger partial charge in [0, 0.05) is 12.6 Å². The molecule has 1 heterocycles. The van der Waals surface area contributed by atoms with E-state index in [2.05, 4.69) is 12.3 Å². The van der Waals surface area contributed by atoms with E-state index in [0.717, 1.165) is 6.61 Å². The first-order chi connectivity index (χ1) is 8.79. The molecule has 2 aliphatic rings. The van der Waals surface area contributed by atoms with E-state index in [9.17, 15) is 0 Å². The largest absolute Gasteiger partial charge is 0.375 e. The number of nitrogens with one attached hydrogen (secondary N) is 1. The normalized spacial score (nSPS) is 29.3. The van der Waals surface area contributed by atoms with Crippen LogP contribution in [0.15, 0.2) is 0 Å². The minimum absolute atomic E-state index is 0.211. The van der Waals surface area contributed by atoms with Crippen LogP contribution in [0, 0.1) is 5.92 Å². The maximum absolute atomic E-state index is 6.17. The van der Waals surface area contributed by atoms with Gasteiger partial charge in [-0.1, -0.05) is 39.0 Å². The van der Waals surface area contributed by atoms with Gasteiger partial charge in [0.25, 0.3) is 0 Å². The van der Waals surface area contributed by atoms with Crippen molar-refractivity contribution in [3.8, 4) is 0 Å². The van der Waals surface area contributed by atoms with Gasteiger partial charge in [-0.25, -0.2) is 0 Å². The zero-order chi connectivity index (χ0) is 12.8. The number of unbranched alkanes of at least 4 members (excludes halogenated alkanes) is 1. The lowest BCUT2D eigenvalue weighted by molar-refractivity contribution is -0.122. The van der Waals surface area contributed by atoms with Crippen LogP contribution in [0.3, 0.4) is 0 Å². The van der Waals surface area contributed by atoms with E-state index in [4.69, 9.17) is 10.6 Å². The molecule has 0 bridgehead atoms. The molecule has 2 unspecified atom stereocenters. The molecule has 1 saturated carbocycles. The van der Waals surface area contributed by atoms with E-state index in [0.29, 0.717) is 12.0 Å². The molecule has 1 aliphatic heterocycles. The second kappa shape index (κ2) is 6.88. The smallest absolute Gasteiger partial charge is 0.0685 e. The number of hydrogen-bond acceptors (Lipinski definition) is 3. The number of hydrazine groups is 1. The molecule has 0 radical (unpaired) electrons. The third-order valence-electron chi connectivity index (χ3n) is 4.95. The van der Waals surface area contributed by atoms with Crippen LogP contribution in [0.25, 0.3) is 0 Å². The highest BCUT2D eigenvalue weighted by Crippen LogP contribution is 2.41. The summed E-state index contributed by atoms with van der Waals surface area (Å²) in [7, 11) is 0. The van der Waals surface area contributed by atoms with Gasteiger partial charge in [0.1, 0.15) is 0 Å². The van der Waals surface area contributed by atoms with Gasteiger partial charge in [-0.2, -0.15) is 0 Å². The quantitative estimate of drug-likeness (QED) is 0.585. The second-order valence-electron chi connectivity index (χ2n) is 6.26. The summed E-state index contributed by atoms with van der Waals surface area (Å²) in [5.74, 6) is 6.49. The molecular weight excluding hydrogens is 224 g/mol. The predicted molar refractivity (Wildman–Crippen MR) is 75.1 cm³/mol. The molecule has 1 aliphatic carbocycles. The molecule has 3 heteroatoms. The maximum Gasteiger partial charge on any atom is 0.0685 e. The fourth-order valence-electron chi connectivity index (χ4n) is 3.83. The third kappa shape index (κ3) is 3.46. The maximum atomic E-state index is 6.17. The Morgan fingerprint density at radius 3 is 2.78 bits per heavy atom. The van der Waals surface area contributed by atoms with Crippen molar-refractivity contribution in [1.82, 2.24) is 5.43 Å². The molecule has 3 N–H and O–H groups in total. The molecule has 106 valence electrons. The lowest BCUT2D eigenvalue weighted by Gasteiger charge is -2.45. The molecule has 1 spiro atoms. The van der Waals surface area contributed by atoms with Crippen LogP contribution in [0.4, 0.5) is 0 Å². The van der Waals surface area contributed by atoms with Crippen LogP contribution in [0.1, 0.15) is 71.1 Å². The van der Waals surface area contributed by atoms with Crippen molar-refractivity contribution in [1.29, 1.82) is 0 Å². The van der Waals surface area contributed by atoms with Crippen LogP contribution in [-0.2, 0) is 4.74 Å². The van der Waals surface area contributed by atoms with Gasteiger partial charge in [0.2, 0.25) is 0 Å². The van der Waals surface area contributed by atoms with Crippen molar-refractivity contribution in [3.63, 3.8) is 0 Å². The average Bonchev–Trinajstić information content (AvgIpc) is 2.41. The number of nitrogens with two attached hydrogens (primary N) is 1. The van der Waals surface area contributed by atoms with E-state index >= 15 is 0 Å². The fraction of sp³-hybridized carbons (Fsp3) is 1.00. The minimum atomic E-state index is 0.211. The third-order valence-corrected chi connectivity index (χ3v) is 4.95. The Labute approximate surface area is 112 Å². The molecule has 0 aromatic heterocycles. The summed E-state index contributed by atoms with van der Waals surface area (Å²) < 4.78 is 6.17. The Hall–Kier alpha value is -0.120. The Balaban J connectivity index is 1.91. The van der Waals surface area contributed by atoms with E-state index in [1.54, 1.807) is 0 Å². The second-order valence-corrected chi connectivity index (χ2v) is 6.26. The van der Waals surface area contributed by atoms with E-state index in [1.807, 2.05) is 0 Å². The van der Waals surface area contributed by atoms with Crippen LogP contribution in [0.2, 0.25) is 0 Å². The standard InChI is InChI=1S/C15H30N2O/c1-2-3-7-14(17-16)13-8-11-18-15(12-13)9-5-4-6-10-15/h13-14,17H,2-12,16H2,1H3. The molecule has 2 atom stereocenters. The Morgan fingerprint density at radius 1 is 1.33 bits per heavy atom. The van der Waals surface area contributed by atoms with Gasteiger partial charge in [-0.15, -0.1) is 0 Å². The predicted octanol–water partition coefficient (Wildman–Crippen LogP) is 3.14.